The van der Waals surface area contributed by atoms with E-state index in [1.807, 2.05) is 0 Å². The van der Waals surface area contributed by atoms with E-state index >= 15 is 0 Å². The Balaban J connectivity index is 1.60. The maximum Gasteiger partial charge on any atom is 0.322 e. The van der Waals surface area contributed by atoms with Crippen LogP contribution in [0, 0.1) is 5.82 Å². The third-order valence-electron chi connectivity index (χ3n) is 5.76. The van der Waals surface area contributed by atoms with E-state index in [0.717, 1.165) is 32.8 Å². The molecule has 8 heteroatoms. The number of benzene rings is 1. The second-order valence-corrected chi connectivity index (χ2v) is 7.50. The lowest BCUT2D eigenvalue weighted by atomic mass is 9.95. The maximum atomic E-state index is 14.5. The number of carbonyl (C=O) groups is 2. The number of morpholine rings is 1. The summed E-state index contributed by atoms with van der Waals surface area (Å²) in [6.45, 7) is 9.09. The van der Waals surface area contributed by atoms with Gasteiger partial charge in [0.1, 0.15) is 18.9 Å². The van der Waals surface area contributed by atoms with Crippen molar-refractivity contribution in [2.24, 2.45) is 0 Å². The molecular formula is C21H26FN4O3+. The monoisotopic (exact) mass is 401 g/mol. The molecular weight excluding hydrogens is 375 g/mol. The lowest BCUT2D eigenvalue weighted by molar-refractivity contribution is -0.907. The third-order valence-corrected chi connectivity index (χ3v) is 5.76. The van der Waals surface area contributed by atoms with Crippen molar-refractivity contribution in [2.75, 3.05) is 52.5 Å². The Hall–Kier alpha value is -2.71. The first-order valence-electron chi connectivity index (χ1n) is 9.97. The van der Waals surface area contributed by atoms with Gasteiger partial charge in [-0.2, -0.15) is 0 Å². The van der Waals surface area contributed by atoms with Crippen LogP contribution in [0.2, 0.25) is 0 Å². The average Bonchev–Trinajstić information content (AvgIpc) is 3.06. The number of nitrogens with one attached hydrogen (secondary N) is 2. The van der Waals surface area contributed by atoms with E-state index in [-0.39, 0.29) is 11.9 Å². The van der Waals surface area contributed by atoms with Gasteiger partial charge in [-0.15, -0.1) is 6.58 Å². The zero-order valence-corrected chi connectivity index (χ0v) is 16.3. The minimum Gasteiger partial charge on any atom is -0.370 e. The zero-order valence-electron chi connectivity index (χ0n) is 16.3. The smallest absolute Gasteiger partial charge is 0.322 e. The molecule has 3 heterocycles. The molecule has 0 saturated carbocycles. The predicted octanol–water partition coefficient (Wildman–Crippen LogP) is 0.0894. The van der Waals surface area contributed by atoms with Crippen molar-refractivity contribution in [3.05, 3.63) is 59.6 Å². The number of ether oxygens (including phenoxy) is 1. The normalized spacial score (nSPS) is 22.7. The first kappa shape index (κ1) is 19.6. The molecule has 0 bridgehead atoms. The van der Waals surface area contributed by atoms with Crippen molar-refractivity contribution in [3.63, 3.8) is 0 Å². The van der Waals surface area contributed by atoms with Crippen LogP contribution in [-0.2, 0) is 9.53 Å². The predicted molar refractivity (Wildman–Crippen MR) is 105 cm³/mol. The summed E-state index contributed by atoms with van der Waals surface area (Å²) in [5.41, 5.74) is 1.40. The molecule has 1 aromatic rings. The van der Waals surface area contributed by atoms with Gasteiger partial charge in [0, 0.05) is 12.1 Å². The summed E-state index contributed by atoms with van der Waals surface area (Å²) in [6, 6.07) is 5.13. The minimum atomic E-state index is -0.784. The van der Waals surface area contributed by atoms with Gasteiger partial charge >= 0.3 is 6.03 Å². The Morgan fingerprint density at radius 2 is 2.03 bits per heavy atom. The molecule has 1 fully saturated rings. The van der Waals surface area contributed by atoms with Gasteiger partial charge in [-0.05, 0) is 6.07 Å². The lowest BCUT2D eigenvalue weighted by Gasteiger charge is -2.33. The number of carbonyl (C=O) groups excluding carboxylic acids is 2. The van der Waals surface area contributed by atoms with Crippen molar-refractivity contribution in [1.29, 1.82) is 0 Å². The van der Waals surface area contributed by atoms with Crippen LogP contribution in [0.5, 0.6) is 0 Å². The molecule has 29 heavy (non-hydrogen) atoms. The highest BCUT2D eigenvalue weighted by atomic mass is 19.1. The molecule has 3 aliphatic heterocycles. The summed E-state index contributed by atoms with van der Waals surface area (Å²) < 4.78 is 19.9. The summed E-state index contributed by atoms with van der Waals surface area (Å²) >= 11 is 0. The molecule has 0 aromatic heterocycles. The van der Waals surface area contributed by atoms with Crippen LogP contribution >= 0.6 is 0 Å². The van der Waals surface area contributed by atoms with Crippen LogP contribution in [0.1, 0.15) is 11.6 Å². The average molecular weight is 401 g/mol. The number of rotatable bonds is 6. The number of nitrogens with zero attached hydrogens (tertiary/aromatic N) is 2. The molecule has 3 aliphatic rings. The van der Waals surface area contributed by atoms with Gasteiger partial charge in [-0.25, -0.2) is 9.18 Å². The fourth-order valence-corrected chi connectivity index (χ4v) is 4.20. The number of amides is 3. The van der Waals surface area contributed by atoms with Crippen LogP contribution in [0.25, 0.3) is 0 Å². The van der Waals surface area contributed by atoms with E-state index in [4.69, 9.17) is 4.74 Å². The fraction of sp³-hybridized carbons (Fsp3) is 0.429. The second kappa shape index (κ2) is 8.34. The van der Waals surface area contributed by atoms with Crippen molar-refractivity contribution < 1.29 is 23.6 Å². The highest BCUT2D eigenvalue weighted by molar-refractivity contribution is 6.01. The second-order valence-electron chi connectivity index (χ2n) is 7.50. The molecule has 0 aliphatic carbocycles. The first-order valence-corrected chi connectivity index (χ1v) is 9.97. The molecule has 0 radical (unpaired) electrons. The SMILES string of the molecule is C=CCN1C(=O)N[C@H](c2ccccc2F)C2=C1CN(CC[NH+]1CCOCC1)C2=O. The largest absolute Gasteiger partial charge is 0.370 e. The Morgan fingerprint density at radius 3 is 2.76 bits per heavy atom. The third kappa shape index (κ3) is 3.77. The van der Waals surface area contributed by atoms with E-state index in [2.05, 4.69) is 11.9 Å². The molecule has 154 valence electrons. The first-order chi connectivity index (χ1) is 14.1. The quantitative estimate of drug-likeness (QED) is 0.664. The Morgan fingerprint density at radius 1 is 1.28 bits per heavy atom. The van der Waals surface area contributed by atoms with Gasteiger partial charge in [0.25, 0.3) is 5.91 Å². The number of hydrogen-bond donors (Lipinski definition) is 2. The van der Waals surface area contributed by atoms with Crippen molar-refractivity contribution in [3.8, 4) is 0 Å². The Kier molecular flexibility index (Phi) is 5.64. The van der Waals surface area contributed by atoms with E-state index in [0.29, 0.717) is 36.5 Å². The number of halogens is 1. The van der Waals surface area contributed by atoms with Gasteiger partial charge in [0.05, 0.1) is 50.2 Å². The van der Waals surface area contributed by atoms with Gasteiger partial charge in [-0.3, -0.25) is 9.69 Å². The van der Waals surface area contributed by atoms with Crippen LogP contribution in [0.3, 0.4) is 0 Å². The minimum absolute atomic E-state index is 0.144. The van der Waals surface area contributed by atoms with Gasteiger partial charge < -0.3 is 19.9 Å². The molecule has 7 nitrogen and oxygen atoms in total. The lowest BCUT2D eigenvalue weighted by Crippen LogP contribution is -3.14. The van der Waals surface area contributed by atoms with Gasteiger partial charge in [0.15, 0.2) is 0 Å². The van der Waals surface area contributed by atoms with Crippen molar-refractivity contribution >= 4 is 11.9 Å². The van der Waals surface area contributed by atoms with E-state index in [1.165, 1.54) is 15.9 Å². The molecule has 1 atom stereocenters. The van der Waals surface area contributed by atoms with E-state index in [9.17, 15) is 14.0 Å². The topological polar surface area (TPSA) is 66.3 Å². The van der Waals surface area contributed by atoms with Crippen LogP contribution < -0.4 is 10.2 Å². The summed E-state index contributed by atoms with van der Waals surface area (Å²) in [5, 5.41) is 2.81. The van der Waals surface area contributed by atoms with E-state index in [1.54, 1.807) is 29.2 Å². The summed E-state index contributed by atoms with van der Waals surface area (Å²) in [6.07, 6.45) is 1.62. The van der Waals surface area contributed by atoms with Crippen LogP contribution in [0.4, 0.5) is 9.18 Å². The molecule has 0 spiro atoms. The van der Waals surface area contributed by atoms with Crippen LogP contribution in [-0.4, -0.2) is 74.2 Å². The maximum absolute atomic E-state index is 14.5. The highest BCUT2D eigenvalue weighted by Crippen LogP contribution is 2.36. The molecule has 1 saturated heterocycles. The van der Waals surface area contributed by atoms with Gasteiger partial charge in [0.2, 0.25) is 0 Å². The summed E-state index contributed by atoms with van der Waals surface area (Å²) in [4.78, 5) is 30.7. The van der Waals surface area contributed by atoms with Crippen molar-refractivity contribution in [2.45, 2.75) is 6.04 Å². The standard InChI is InChI=1S/C21H25FN4O3/c1-2-7-26-17-14-25(9-8-24-10-12-29-13-11-24)20(27)18(17)19(23-21(26)28)15-5-3-4-6-16(15)22/h2-6,19H,1,7-14H2,(H,23,28)/p+1/t19-/m1/s1. The number of quaternary nitrogens is 1. The number of hydrogen-bond acceptors (Lipinski definition) is 3. The highest BCUT2D eigenvalue weighted by Gasteiger charge is 2.44. The molecule has 3 amide bonds. The molecule has 0 unspecified atom stereocenters. The number of urea groups is 1. The fourth-order valence-electron chi connectivity index (χ4n) is 4.20. The Bertz CT molecular complexity index is 850. The van der Waals surface area contributed by atoms with Gasteiger partial charge in [-0.1, -0.05) is 24.3 Å². The summed E-state index contributed by atoms with van der Waals surface area (Å²) in [5.74, 6) is -0.583. The Labute approximate surface area is 169 Å². The molecule has 1 aromatic carbocycles. The molecule has 4 rings (SSSR count). The summed E-state index contributed by atoms with van der Waals surface area (Å²) in [7, 11) is 0. The van der Waals surface area contributed by atoms with Crippen LogP contribution in [0.15, 0.2) is 48.2 Å². The molecule has 2 N–H and O–H groups in total. The van der Waals surface area contributed by atoms with Crippen molar-refractivity contribution in [1.82, 2.24) is 15.1 Å². The van der Waals surface area contributed by atoms with E-state index < -0.39 is 11.9 Å². The zero-order chi connectivity index (χ0) is 20.4.